The van der Waals surface area contributed by atoms with Gasteiger partial charge in [-0.05, 0) is 18.2 Å². The van der Waals surface area contributed by atoms with E-state index >= 15 is 0 Å². The lowest BCUT2D eigenvalue weighted by Gasteiger charge is -2.17. The number of H-pyrrole nitrogens is 1. The Morgan fingerprint density at radius 3 is 2.44 bits per heavy atom. The zero-order valence-electron chi connectivity index (χ0n) is 12.7. The fourth-order valence-corrected chi connectivity index (χ4v) is 3.36. The van der Waals surface area contributed by atoms with E-state index in [1.54, 1.807) is 22.7 Å². The fraction of sp³-hybridized carbons (Fsp3) is 0.125. The van der Waals surface area contributed by atoms with Gasteiger partial charge in [0.05, 0.1) is 11.0 Å². The van der Waals surface area contributed by atoms with Crippen LogP contribution in [0.1, 0.15) is 0 Å². The third kappa shape index (κ3) is 2.52. The van der Waals surface area contributed by atoms with Crippen molar-refractivity contribution in [2.75, 3.05) is 18.5 Å². The Kier molecular flexibility index (Phi) is 3.19. The van der Waals surface area contributed by atoms with E-state index < -0.39 is 0 Å². The summed E-state index contributed by atoms with van der Waals surface area (Å²) in [5.41, 5.74) is 2.36. The Morgan fingerprint density at radius 2 is 1.68 bits per heavy atom. The van der Waals surface area contributed by atoms with Crippen LogP contribution in [0.3, 0.4) is 0 Å². The van der Waals surface area contributed by atoms with E-state index in [4.69, 9.17) is 32.7 Å². The highest BCUT2D eigenvalue weighted by Crippen LogP contribution is 2.34. The largest absolute Gasteiger partial charge is 0.486 e. The number of aromatic nitrogens is 4. The zero-order valence-corrected chi connectivity index (χ0v) is 14.2. The van der Waals surface area contributed by atoms with Gasteiger partial charge in [-0.1, -0.05) is 23.2 Å². The van der Waals surface area contributed by atoms with E-state index in [1.807, 2.05) is 12.1 Å². The first-order valence-corrected chi connectivity index (χ1v) is 8.32. The predicted octanol–water partition coefficient (Wildman–Crippen LogP) is 4.03. The minimum atomic E-state index is 0.526. The molecule has 0 saturated carbocycles. The van der Waals surface area contributed by atoms with Crippen LogP contribution in [0, 0.1) is 0 Å². The maximum Gasteiger partial charge on any atom is 0.253 e. The molecule has 2 N–H and O–H groups in total. The number of rotatable bonds is 2. The molecule has 25 heavy (non-hydrogen) atoms. The Labute approximate surface area is 151 Å². The molecule has 4 aromatic rings. The molecule has 1 aliphatic heterocycles. The summed E-state index contributed by atoms with van der Waals surface area (Å²) in [6, 6.07) is 8.94. The number of nitrogens with one attached hydrogen (secondary N) is 2. The molecule has 7 nitrogen and oxygen atoms in total. The zero-order chi connectivity index (χ0) is 17.0. The fourth-order valence-electron chi connectivity index (χ4n) is 2.84. The first kappa shape index (κ1) is 14.7. The van der Waals surface area contributed by atoms with Crippen molar-refractivity contribution in [3.63, 3.8) is 0 Å². The maximum absolute atomic E-state index is 6.02. The molecule has 0 aliphatic carbocycles. The van der Waals surface area contributed by atoms with Gasteiger partial charge < -0.3 is 14.8 Å². The monoisotopic (exact) mass is 375 g/mol. The molecule has 2 aromatic carbocycles. The van der Waals surface area contributed by atoms with Crippen molar-refractivity contribution < 1.29 is 9.47 Å². The van der Waals surface area contributed by atoms with Crippen LogP contribution in [0.2, 0.25) is 10.0 Å². The van der Waals surface area contributed by atoms with Crippen molar-refractivity contribution in [2.24, 2.45) is 0 Å². The molecule has 126 valence electrons. The third-order valence-electron chi connectivity index (χ3n) is 3.86. The first-order valence-electron chi connectivity index (χ1n) is 7.57. The number of halogens is 2. The quantitative estimate of drug-likeness (QED) is 0.552. The number of ether oxygens (including phenoxy) is 2. The van der Waals surface area contributed by atoms with Gasteiger partial charge in [0.15, 0.2) is 11.5 Å². The molecule has 0 amide bonds. The Bertz CT molecular complexity index is 1100. The molecule has 0 unspecified atom stereocenters. The smallest absolute Gasteiger partial charge is 0.253 e. The number of fused-ring (bicyclic) bond motifs is 4. The van der Waals surface area contributed by atoms with E-state index in [0.717, 1.165) is 16.7 Å². The van der Waals surface area contributed by atoms with Crippen molar-refractivity contribution in [2.45, 2.75) is 0 Å². The lowest BCUT2D eigenvalue weighted by atomic mass is 10.2. The number of anilines is 2. The van der Waals surface area contributed by atoms with E-state index in [9.17, 15) is 0 Å². The van der Waals surface area contributed by atoms with Gasteiger partial charge in [-0.3, -0.25) is 5.10 Å². The molecule has 0 bridgehead atoms. The molecule has 0 atom stereocenters. The molecular formula is C16H11Cl2N5O2. The average molecular weight is 376 g/mol. The molecule has 0 saturated heterocycles. The highest BCUT2D eigenvalue weighted by Gasteiger charge is 2.17. The summed E-state index contributed by atoms with van der Waals surface area (Å²) in [7, 11) is 0. The van der Waals surface area contributed by atoms with Gasteiger partial charge in [0.2, 0.25) is 5.95 Å². The van der Waals surface area contributed by atoms with Gasteiger partial charge in [-0.2, -0.15) is 4.98 Å². The molecule has 0 fully saturated rings. The summed E-state index contributed by atoms with van der Waals surface area (Å²) >= 11 is 12.0. The van der Waals surface area contributed by atoms with Crippen LogP contribution in [0.15, 0.2) is 30.3 Å². The van der Waals surface area contributed by atoms with E-state index in [0.29, 0.717) is 46.5 Å². The molecule has 0 radical (unpaired) electrons. The molecule has 5 rings (SSSR count). The van der Waals surface area contributed by atoms with Crippen molar-refractivity contribution in [1.29, 1.82) is 0 Å². The van der Waals surface area contributed by atoms with E-state index in [1.165, 1.54) is 0 Å². The Morgan fingerprint density at radius 1 is 0.960 bits per heavy atom. The summed E-state index contributed by atoms with van der Waals surface area (Å²) in [6.07, 6.45) is 0. The van der Waals surface area contributed by atoms with Crippen molar-refractivity contribution in [1.82, 2.24) is 19.6 Å². The highest BCUT2D eigenvalue weighted by molar-refractivity contribution is 6.35. The van der Waals surface area contributed by atoms with Crippen LogP contribution < -0.4 is 14.8 Å². The number of imidazole rings is 1. The molecule has 2 aromatic heterocycles. The standard InChI is InChI=1S/C16H11Cl2N5O2/c17-8-3-9(18)5-10(4-8)19-15-21-16-20-11-6-13-14(25-2-1-24-13)7-12(11)23(16)22-15/h3-7H,1-2H2,(H2,19,20,21,22). The second kappa shape index (κ2) is 5.44. The van der Waals surface area contributed by atoms with Gasteiger partial charge in [-0.15, -0.1) is 0 Å². The van der Waals surface area contributed by atoms with Crippen molar-refractivity contribution >= 4 is 51.6 Å². The van der Waals surface area contributed by atoms with Crippen LogP contribution in [-0.4, -0.2) is 32.8 Å². The van der Waals surface area contributed by atoms with Gasteiger partial charge in [0.1, 0.15) is 13.2 Å². The van der Waals surface area contributed by atoms with Crippen LogP contribution >= 0.6 is 23.2 Å². The molecule has 0 spiro atoms. The van der Waals surface area contributed by atoms with Crippen molar-refractivity contribution in [3.8, 4) is 11.5 Å². The topological polar surface area (TPSA) is 76.5 Å². The summed E-state index contributed by atoms with van der Waals surface area (Å²) < 4.78 is 13.0. The highest BCUT2D eigenvalue weighted by atomic mass is 35.5. The number of aromatic amines is 1. The molecule has 3 heterocycles. The van der Waals surface area contributed by atoms with Gasteiger partial charge in [0, 0.05) is 27.9 Å². The molecular weight excluding hydrogens is 365 g/mol. The lowest BCUT2D eigenvalue weighted by molar-refractivity contribution is 0.172. The van der Waals surface area contributed by atoms with Crippen LogP contribution in [0.25, 0.3) is 16.8 Å². The Hall–Kier alpha value is -2.64. The van der Waals surface area contributed by atoms with Crippen molar-refractivity contribution in [3.05, 3.63) is 40.4 Å². The number of hydrogen-bond acceptors (Lipinski definition) is 5. The van der Waals surface area contributed by atoms with Gasteiger partial charge >= 0.3 is 0 Å². The van der Waals surface area contributed by atoms with Gasteiger partial charge in [-0.25, -0.2) is 9.50 Å². The first-order chi connectivity index (χ1) is 12.2. The number of nitrogens with zero attached hydrogens (tertiary/aromatic N) is 3. The maximum atomic E-state index is 6.02. The Balaban J connectivity index is 1.57. The summed E-state index contributed by atoms with van der Waals surface area (Å²) in [5.74, 6) is 2.46. The minimum Gasteiger partial charge on any atom is -0.486 e. The lowest BCUT2D eigenvalue weighted by Crippen LogP contribution is -2.15. The predicted molar refractivity (Wildman–Crippen MR) is 95.6 cm³/mol. The van der Waals surface area contributed by atoms with Crippen LogP contribution in [-0.2, 0) is 0 Å². The summed E-state index contributed by atoms with van der Waals surface area (Å²) in [6.45, 7) is 1.07. The van der Waals surface area contributed by atoms with Gasteiger partial charge in [0.25, 0.3) is 5.78 Å². The van der Waals surface area contributed by atoms with Crippen LogP contribution in [0.4, 0.5) is 11.6 Å². The molecule has 9 heteroatoms. The van der Waals surface area contributed by atoms with E-state index in [2.05, 4.69) is 20.4 Å². The minimum absolute atomic E-state index is 0.526. The number of benzene rings is 2. The van der Waals surface area contributed by atoms with E-state index in [-0.39, 0.29) is 0 Å². The number of hydrogen-bond donors (Lipinski definition) is 2. The summed E-state index contributed by atoms with van der Waals surface area (Å²) in [4.78, 5) is 8.96. The molecule has 1 aliphatic rings. The van der Waals surface area contributed by atoms with Crippen LogP contribution in [0.5, 0.6) is 11.5 Å². The second-order valence-electron chi connectivity index (χ2n) is 5.59. The summed E-state index contributed by atoms with van der Waals surface area (Å²) in [5, 5.41) is 7.38. The average Bonchev–Trinajstić information content (AvgIpc) is 3.09. The normalized spacial score (nSPS) is 13.5. The SMILES string of the molecule is Clc1cc(Cl)cc(Nc2nc3nc4cc5c(cc4n3[nH]2)OCCO5)c1. The second-order valence-corrected chi connectivity index (χ2v) is 6.46. The third-order valence-corrected chi connectivity index (χ3v) is 4.29.